The highest BCUT2D eigenvalue weighted by Crippen LogP contribution is 2.43. The number of carbonyl (C=O) groups excluding carboxylic acids is 1. The van der Waals surface area contributed by atoms with Crippen LogP contribution in [0.4, 0.5) is 14.5 Å². The van der Waals surface area contributed by atoms with Gasteiger partial charge in [-0.1, -0.05) is 18.7 Å². The number of hydrogen-bond acceptors (Lipinski definition) is 3. The smallest absolute Gasteiger partial charge is 0.249 e. The van der Waals surface area contributed by atoms with Crippen LogP contribution in [0.2, 0.25) is 0 Å². The predicted octanol–water partition coefficient (Wildman–Crippen LogP) is 3.27. The van der Waals surface area contributed by atoms with Crippen molar-refractivity contribution in [3.63, 3.8) is 0 Å². The van der Waals surface area contributed by atoms with E-state index in [1.807, 2.05) is 0 Å². The molecule has 21 heavy (non-hydrogen) atoms. The van der Waals surface area contributed by atoms with Crippen molar-refractivity contribution in [3.05, 3.63) is 36.6 Å². The molecule has 0 bridgehead atoms. The Morgan fingerprint density at radius 3 is 2.86 bits per heavy atom. The van der Waals surface area contributed by atoms with Crippen LogP contribution in [0.5, 0.6) is 5.88 Å². The van der Waals surface area contributed by atoms with Gasteiger partial charge in [-0.15, -0.1) is 0 Å². The first-order chi connectivity index (χ1) is 9.93. The topological polar surface area (TPSA) is 51.2 Å². The second kappa shape index (κ2) is 6.03. The molecular weight excluding hydrogens is 278 g/mol. The van der Waals surface area contributed by atoms with E-state index in [0.717, 1.165) is 6.08 Å². The van der Waals surface area contributed by atoms with E-state index in [-0.39, 0.29) is 24.7 Å². The molecule has 1 amide bonds. The van der Waals surface area contributed by atoms with Gasteiger partial charge in [0, 0.05) is 18.4 Å². The van der Waals surface area contributed by atoms with Crippen LogP contribution < -0.4 is 10.1 Å². The maximum Gasteiger partial charge on any atom is 0.249 e. The molecule has 0 radical (unpaired) electrons. The second-order valence-corrected chi connectivity index (χ2v) is 4.90. The molecule has 1 saturated carbocycles. The molecule has 1 fully saturated rings. The maximum atomic E-state index is 12.8. The SMILES string of the molecule is C=CC(=O)Nc1cnc(OC)c(C=CC2CC(F)(F)C2)c1. The van der Waals surface area contributed by atoms with Crippen molar-refractivity contribution < 1.29 is 18.3 Å². The first-order valence-corrected chi connectivity index (χ1v) is 6.47. The van der Waals surface area contributed by atoms with E-state index in [4.69, 9.17) is 4.74 Å². The Kier molecular flexibility index (Phi) is 4.35. The van der Waals surface area contributed by atoms with Crippen molar-refractivity contribution in [1.82, 2.24) is 4.98 Å². The summed E-state index contributed by atoms with van der Waals surface area (Å²) in [7, 11) is 1.47. The van der Waals surface area contributed by atoms with Gasteiger partial charge < -0.3 is 10.1 Å². The van der Waals surface area contributed by atoms with Crippen LogP contribution in [-0.4, -0.2) is 23.9 Å². The molecule has 0 atom stereocenters. The summed E-state index contributed by atoms with van der Waals surface area (Å²) in [6.45, 7) is 3.36. The monoisotopic (exact) mass is 294 g/mol. The van der Waals surface area contributed by atoms with Crippen molar-refractivity contribution in [2.24, 2.45) is 5.92 Å². The number of ether oxygens (including phenoxy) is 1. The van der Waals surface area contributed by atoms with E-state index in [0.29, 0.717) is 17.1 Å². The normalized spacial score (nSPS) is 17.3. The van der Waals surface area contributed by atoms with Gasteiger partial charge in [0.2, 0.25) is 17.7 Å². The fraction of sp³-hybridized carbons (Fsp3) is 0.333. The lowest BCUT2D eigenvalue weighted by Gasteiger charge is -2.32. The summed E-state index contributed by atoms with van der Waals surface area (Å²) in [5, 5.41) is 2.58. The third-order valence-electron chi connectivity index (χ3n) is 3.19. The highest BCUT2D eigenvalue weighted by Gasteiger charge is 2.43. The van der Waals surface area contributed by atoms with E-state index in [2.05, 4.69) is 16.9 Å². The number of amides is 1. The average Bonchev–Trinajstić information content (AvgIpc) is 2.42. The summed E-state index contributed by atoms with van der Waals surface area (Å²) in [6, 6.07) is 1.67. The fourth-order valence-corrected chi connectivity index (χ4v) is 2.10. The summed E-state index contributed by atoms with van der Waals surface area (Å²) in [4.78, 5) is 15.3. The molecule has 6 heteroatoms. The van der Waals surface area contributed by atoms with Crippen LogP contribution in [0.15, 0.2) is 31.0 Å². The van der Waals surface area contributed by atoms with E-state index in [1.54, 1.807) is 18.2 Å². The Hall–Kier alpha value is -2.24. The molecular formula is C15H16F2N2O2. The van der Waals surface area contributed by atoms with E-state index >= 15 is 0 Å². The molecule has 1 aliphatic rings. The molecule has 2 rings (SSSR count). The number of pyridine rings is 1. The first kappa shape index (κ1) is 15.2. The van der Waals surface area contributed by atoms with Crippen LogP contribution in [0.3, 0.4) is 0 Å². The molecule has 1 aromatic rings. The van der Waals surface area contributed by atoms with Crippen LogP contribution >= 0.6 is 0 Å². The van der Waals surface area contributed by atoms with E-state index in [9.17, 15) is 13.6 Å². The number of alkyl halides is 2. The van der Waals surface area contributed by atoms with Crippen LogP contribution in [0.1, 0.15) is 18.4 Å². The quantitative estimate of drug-likeness (QED) is 0.848. The second-order valence-electron chi connectivity index (χ2n) is 4.90. The maximum absolute atomic E-state index is 12.8. The molecule has 0 aromatic carbocycles. The van der Waals surface area contributed by atoms with Gasteiger partial charge in [0.1, 0.15) is 0 Å². The standard InChI is InChI=1S/C15H16F2N2O2/c1-3-13(20)19-12-6-11(14(21-2)18-9-12)5-4-10-7-15(16,17)8-10/h3-6,9-10H,1,7-8H2,2H3,(H,19,20). The number of anilines is 1. The number of carbonyl (C=O) groups is 1. The minimum Gasteiger partial charge on any atom is -0.481 e. The lowest BCUT2D eigenvalue weighted by Crippen LogP contribution is -2.33. The fourth-order valence-electron chi connectivity index (χ4n) is 2.10. The Labute approximate surface area is 121 Å². The molecule has 1 N–H and O–H groups in total. The lowest BCUT2D eigenvalue weighted by molar-refractivity contribution is -0.111. The van der Waals surface area contributed by atoms with Crippen LogP contribution in [-0.2, 0) is 4.79 Å². The zero-order valence-corrected chi connectivity index (χ0v) is 11.6. The molecule has 1 heterocycles. The van der Waals surface area contributed by atoms with Crippen molar-refractivity contribution in [3.8, 4) is 5.88 Å². The minimum absolute atomic E-state index is 0.133. The summed E-state index contributed by atoms with van der Waals surface area (Å²) in [5.74, 6) is -2.67. The van der Waals surface area contributed by atoms with Crippen molar-refractivity contribution in [2.75, 3.05) is 12.4 Å². The van der Waals surface area contributed by atoms with Gasteiger partial charge in [-0.3, -0.25) is 4.79 Å². The summed E-state index contributed by atoms with van der Waals surface area (Å²) in [5.41, 5.74) is 1.11. The largest absolute Gasteiger partial charge is 0.481 e. The van der Waals surface area contributed by atoms with E-state index in [1.165, 1.54) is 13.3 Å². The molecule has 4 nitrogen and oxygen atoms in total. The molecule has 0 spiro atoms. The zero-order valence-electron chi connectivity index (χ0n) is 11.6. The van der Waals surface area contributed by atoms with Crippen LogP contribution in [0.25, 0.3) is 6.08 Å². The number of methoxy groups -OCH3 is 1. The molecule has 112 valence electrons. The third-order valence-corrected chi connectivity index (χ3v) is 3.19. The number of nitrogens with one attached hydrogen (secondary N) is 1. The number of allylic oxidation sites excluding steroid dienone is 1. The third kappa shape index (κ3) is 3.87. The number of halogens is 2. The van der Waals surface area contributed by atoms with Gasteiger partial charge in [0.25, 0.3) is 0 Å². The minimum atomic E-state index is -2.54. The molecule has 0 unspecified atom stereocenters. The highest BCUT2D eigenvalue weighted by atomic mass is 19.3. The number of aromatic nitrogens is 1. The van der Waals surface area contributed by atoms with Crippen molar-refractivity contribution in [2.45, 2.75) is 18.8 Å². The predicted molar refractivity (Wildman–Crippen MR) is 76.3 cm³/mol. The highest BCUT2D eigenvalue weighted by molar-refractivity contribution is 5.98. The Morgan fingerprint density at radius 1 is 1.57 bits per heavy atom. The summed E-state index contributed by atoms with van der Waals surface area (Å²) < 4.78 is 30.7. The van der Waals surface area contributed by atoms with Gasteiger partial charge in [-0.25, -0.2) is 13.8 Å². The van der Waals surface area contributed by atoms with E-state index < -0.39 is 5.92 Å². The molecule has 1 aliphatic carbocycles. The molecule has 0 aliphatic heterocycles. The van der Waals surface area contributed by atoms with Gasteiger partial charge in [0.15, 0.2) is 0 Å². The Balaban J connectivity index is 2.12. The summed E-state index contributed by atoms with van der Waals surface area (Å²) in [6.07, 6.45) is 5.74. The Bertz CT molecular complexity index is 577. The van der Waals surface area contributed by atoms with Gasteiger partial charge in [-0.05, 0) is 18.1 Å². The number of rotatable bonds is 5. The summed E-state index contributed by atoms with van der Waals surface area (Å²) >= 11 is 0. The van der Waals surface area contributed by atoms with Crippen molar-refractivity contribution >= 4 is 17.7 Å². The number of hydrogen-bond donors (Lipinski definition) is 1. The van der Waals surface area contributed by atoms with Crippen LogP contribution in [0, 0.1) is 5.92 Å². The van der Waals surface area contributed by atoms with Gasteiger partial charge >= 0.3 is 0 Å². The molecule has 1 aromatic heterocycles. The average molecular weight is 294 g/mol. The molecule has 0 saturated heterocycles. The van der Waals surface area contributed by atoms with Gasteiger partial charge in [-0.2, -0.15) is 0 Å². The van der Waals surface area contributed by atoms with Gasteiger partial charge in [0.05, 0.1) is 19.0 Å². The zero-order chi connectivity index (χ0) is 15.5. The lowest BCUT2D eigenvalue weighted by atomic mass is 9.81. The Morgan fingerprint density at radius 2 is 2.29 bits per heavy atom. The van der Waals surface area contributed by atoms with Crippen molar-refractivity contribution in [1.29, 1.82) is 0 Å². The number of nitrogens with zero attached hydrogens (tertiary/aromatic N) is 1. The first-order valence-electron chi connectivity index (χ1n) is 6.47.